The molecule has 1 amide bonds. The van der Waals surface area contributed by atoms with Crippen LogP contribution in [0.4, 0.5) is 0 Å². The summed E-state index contributed by atoms with van der Waals surface area (Å²) in [6.07, 6.45) is 5.01. The summed E-state index contributed by atoms with van der Waals surface area (Å²) < 4.78 is 0. The van der Waals surface area contributed by atoms with Gasteiger partial charge in [-0.25, -0.2) is 0 Å². The van der Waals surface area contributed by atoms with Crippen LogP contribution in [-0.4, -0.2) is 46.9 Å². The molecule has 1 aromatic heterocycles. The minimum absolute atomic E-state index is 0.0357. The van der Waals surface area contributed by atoms with Gasteiger partial charge >= 0.3 is 0 Å². The van der Waals surface area contributed by atoms with Gasteiger partial charge < -0.3 is 4.90 Å². The minimum Gasteiger partial charge on any atom is -0.337 e. The van der Waals surface area contributed by atoms with E-state index in [-0.39, 0.29) is 5.91 Å². The van der Waals surface area contributed by atoms with E-state index in [9.17, 15) is 4.79 Å². The molecule has 4 nitrogen and oxygen atoms in total. The summed E-state index contributed by atoms with van der Waals surface area (Å²) in [7, 11) is 0. The molecule has 0 bridgehead atoms. The molecule has 1 saturated heterocycles. The third kappa shape index (κ3) is 3.14. The summed E-state index contributed by atoms with van der Waals surface area (Å²) in [4.78, 5) is 19.6. The van der Waals surface area contributed by atoms with Crippen molar-refractivity contribution < 1.29 is 4.79 Å². The summed E-state index contributed by atoms with van der Waals surface area (Å²) in [6, 6.07) is 4.06. The van der Waals surface area contributed by atoms with E-state index >= 15 is 0 Å². The second kappa shape index (κ2) is 5.59. The molecule has 1 aromatic rings. The molecule has 0 spiro atoms. The van der Waals surface area contributed by atoms with Crippen LogP contribution >= 0.6 is 0 Å². The van der Waals surface area contributed by atoms with E-state index in [2.05, 4.69) is 16.5 Å². The first kappa shape index (κ1) is 11.8. The lowest BCUT2D eigenvalue weighted by molar-refractivity contribution is -0.127. The number of nitrogens with zero attached hydrogens (tertiary/aromatic N) is 3. The molecule has 2 rings (SSSR count). The first-order valence-electron chi connectivity index (χ1n) is 5.82. The number of pyridine rings is 1. The van der Waals surface area contributed by atoms with Gasteiger partial charge in [-0.3, -0.25) is 14.7 Å². The molecule has 0 unspecified atom stereocenters. The highest BCUT2D eigenvalue weighted by Crippen LogP contribution is 2.07. The minimum atomic E-state index is 0.0357. The van der Waals surface area contributed by atoms with Crippen molar-refractivity contribution in [2.75, 3.05) is 26.2 Å². The van der Waals surface area contributed by atoms with Crippen LogP contribution in [0.5, 0.6) is 0 Å². The summed E-state index contributed by atoms with van der Waals surface area (Å²) in [5, 5.41) is 0. The van der Waals surface area contributed by atoms with Crippen molar-refractivity contribution in [1.29, 1.82) is 0 Å². The van der Waals surface area contributed by atoms with Gasteiger partial charge in [-0.2, -0.15) is 0 Å². The molecule has 0 N–H and O–H groups in total. The zero-order valence-electron chi connectivity index (χ0n) is 9.88. The fourth-order valence-corrected chi connectivity index (χ4v) is 2.00. The molecule has 2 heterocycles. The van der Waals surface area contributed by atoms with Gasteiger partial charge in [0.15, 0.2) is 0 Å². The number of aromatic nitrogens is 1. The Hall–Kier alpha value is -1.68. The predicted molar refractivity (Wildman–Crippen MR) is 66.3 cm³/mol. The average molecular weight is 231 g/mol. The zero-order chi connectivity index (χ0) is 12.1. The topological polar surface area (TPSA) is 36.4 Å². The average Bonchev–Trinajstić information content (AvgIpc) is 2.40. The van der Waals surface area contributed by atoms with Crippen LogP contribution in [0, 0.1) is 0 Å². The van der Waals surface area contributed by atoms with Crippen LogP contribution in [0.2, 0.25) is 0 Å². The fourth-order valence-electron chi connectivity index (χ4n) is 2.00. The molecule has 0 radical (unpaired) electrons. The van der Waals surface area contributed by atoms with Crippen LogP contribution < -0.4 is 0 Å². The number of amides is 1. The molecule has 1 aliphatic heterocycles. The largest absolute Gasteiger partial charge is 0.337 e. The van der Waals surface area contributed by atoms with E-state index < -0.39 is 0 Å². The predicted octanol–water partition coefficient (Wildman–Crippen LogP) is 0.912. The summed E-state index contributed by atoms with van der Waals surface area (Å²) in [5.41, 5.74) is 1.27. The molecule has 0 aliphatic carbocycles. The Bertz CT molecular complexity index is 383. The van der Waals surface area contributed by atoms with Crippen LogP contribution in [0.15, 0.2) is 37.2 Å². The lowest BCUT2D eigenvalue weighted by atomic mass is 10.2. The van der Waals surface area contributed by atoms with Gasteiger partial charge in [-0.05, 0) is 23.8 Å². The van der Waals surface area contributed by atoms with E-state index in [0.29, 0.717) is 0 Å². The Balaban J connectivity index is 1.83. The van der Waals surface area contributed by atoms with Crippen molar-refractivity contribution in [3.63, 3.8) is 0 Å². The third-order valence-electron chi connectivity index (χ3n) is 3.01. The van der Waals surface area contributed by atoms with E-state index in [0.717, 1.165) is 32.7 Å². The fraction of sp³-hybridized carbons (Fsp3) is 0.385. The molecule has 17 heavy (non-hydrogen) atoms. The Morgan fingerprint density at radius 1 is 1.29 bits per heavy atom. The second-order valence-electron chi connectivity index (χ2n) is 4.16. The molecule has 90 valence electrons. The summed E-state index contributed by atoms with van der Waals surface area (Å²) >= 11 is 0. The van der Waals surface area contributed by atoms with Crippen LogP contribution in [0.3, 0.4) is 0 Å². The van der Waals surface area contributed by atoms with Gasteiger partial charge in [0.25, 0.3) is 0 Å². The number of carbonyl (C=O) groups excluding carboxylic acids is 1. The van der Waals surface area contributed by atoms with Crippen LogP contribution in [-0.2, 0) is 11.3 Å². The van der Waals surface area contributed by atoms with Crippen molar-refractivity contribution >= 4 is 5.91 Å². The first-order chi connectivity index (χ1) is 8.29. The van der Waals surface area contributed by atoms with E-state index in [4.69, 9.17) is 0 Å². The van der Waals surface area contributed by atoms with E-state index in [1.807, 2.05) is 29.4 Å². The Labute approximate surface area is 102 Å². The van der Waals surface area contributed by atoms with Gasteiger partial charge in [-0.1, -0.05) is 6.58 Å². The maximum absolute atomic E-state index is 11.4. The van der Waals surface area contributed by atoms with Gasteiger partial charge in [-0.15, -0.1) is 0 Å². The molecule has 0 saturated carbocycles. The number of hydrogen-bond acceptors (Lipinski definition) is 3. The highest BCUT2D eigenvalue weighted by molar-refractivity contribution is 5.87. The Kier molecular flexibility index (Phi) is 3.88. The molecule has 1 fully saturated rings. The van der Waals surface area contributed by atoms with Gasteiger partial charge in [0.2, 0.25) is 5.91 Å². The highest BCUT2D eigenvalue weighted by Gasteiger charge is 2.18. The second-order valence-corrected chi connectivity index (χ2v) is 4.16. The Morgan fingerprint density at radius 2 is 1.94 bits per heavy atom. The third-order valence-corrected chi connectivity index (χ3v) is 3.01. The lowest BCUT2D eigenvalue weighted by Crippen LogP contribution is -2.47. The van der Waals surface area contributed by atoms with Crippen LogP contribution in [0.25, 0.3) is 0 Å². The monoisotopic (exact) mass is 231 g/mol. The summed E-state index contributed by atoms with van der Waals surface area (Å²) in [6.45, 7) is 7.85. The van der Waals surface area contributed by atoms with Crippen LogP contribution in [0.1, 0.15) is 5.56 Å². The van der Waals surface area contributed by atoms with Crippen molar-refractivity contribution in [3.05, 3.63) is 42.7 Å². The van der Waals surface area contributed by atoms with Crippen molar-refractivity contribution in [2.45, 2.75) is 6.54 Å². The Morgan fingerprint density at radius 3 is 2.53 bits per heavy atom. The number of piperazine rings is 1. The quantitative estimate of drug-likeness (QED) is 0.726. The molecular formula is C13H17N3O. The van der Waals surface area contributed by atoms with Crippen molar-refractivity contribution in [1.82, 2.24) is 14.8 Å². The first-order valence-corrected chi connectivity index (χ1v) is 5.82. The maximum Gasteiger partial charge on any atom is 0.246 e. The number of carbonyl (C=O) groups is 1. The smallest absolute Gasteiger partial charge is 0.246 e. The van der Waals surface area contributed by atoms with Crippen molar-refractivity contribution in [2.24, 2.45) is 0 Å². The summed E-state index contributed by atoms with van der Waals surface area (Å²) in [5.74, 6) is 0.0357. The van der Waals surface area contributed by atoms with Gasteiger partial charge in [0.1, 0.15) is 0 Å². The SMILES string of the molecule is C=CC(=O)N1CCN(Cc2ccncc2)CC1. The maximum atomic E-state index is 11.4. The molecular weight excluding hydrogens is 214 g/mol. The molecule has 0 atom stereocenters. The lowest BCUT2D eigenvalue weighted by Gasteiger charge is -2.34. The van der Waals surface area contributed by atoms with Gasteiger partial charge in [0.05, 0.1) is 0 Å². The van der Waals surface area contributed by atoms with E-state index in [1.165, 1.54) is 11.6 Å². The molecule has 1 aliphatic rings. The van der Waals surface area contributed by atoms with Crippen molar-refractivity contribution in [3.8, 4) is 0 Å². The van der Waals surface area contributed by atoms with Gasteiger partial charge in [0, 0.05) is 45.1 Å². The number of hydrogen-bond donors (Lipinski definition) is 0. The van der Waals surface area contributed by atoms with E-state index in [1.54, 1.807) is 0 Å². The number of rotatable bonds is 3. The highest BCUT2D eigenvalue weighted by atomic mass is 16.2. The molecule has 0 aromatic carbocycles. The molecule has 4 heteroatoms. The zero-order valence-corrected chi connectivity index (χ0v) is 9.88. The normalized spacial score (nSPS) is 16.8. The standard InChI is InChI=1S/C13H17N3O/c1-2-13(17)16-9-7-15(8-10-16)11-12-3-5-14-6-4-12/h2-6H,1,7-11H2.